The predicted molar refractivity (Wildman–Crippen MR) is 119 cm³/mol. The van der Waals surface area contributed by atoms with Crippen molar-refractivity contribution >= 4 is 17.5 Å². The van der Waals surface area contributed by atoms with Crippen LogP contribution in [0.3, 0.4) is 0 Å². The number of carbonyl (C=O) groups is 2. The van der Waals surface area contributed by atoms with Crippen LogP contribution in [-0.4, -0.2) is 42.9 Å². The zero-order valence-electron chi connectivity index (χ0n) is 17.8. The second-order valence-electron chi connectivity index (χ2n) is 8.29. The Labute approximate surface area is 179 Å². The molecule has 2 aliphatic rings. The maximum atomic E-state index is 12.8. The number of hydrogen-bond acceptors (Lipinski definition) is 3. The Morgan fingerprint density at radius 1 is 1.07 bits per heavy atom. The Balaban J connectivity index is 1.21. The number of amides is 2. The molecule has 1 saturated heterocycles. The highest BCUT2D eigenvalue weighted by molar-refractivity contribution is 6.09. The third-order valence-electron chi connectivity index (χ3n) is 6.34. The fourth-order valence-electron chi connectivity index (χ4n) is 4.47. The third-order valence-corrected chi connectivity index (χ3v) is 6.34. The number of aryl methyl sites for hydroxylation is 1. The summed E-state index contributed by atoms with van der Waals surface area (Å²) < 4.78 is 0. The summed E-state index contributed by atoms with van der Waals surface area (Å²) in [5, 5.41) is 2.99. The molecule has 2 aromatic rings. The summed E-state index contributed by atoms with van der Waals surface area (Å²) in [6.07, 6.45) is 3.55. The van der Waals surface area contributed by atoms with Gasteiger partial charge in [0.15, 0.2) is 0 Å². The van der Waals surface area contributed by atoms with Gasteiger partial charge in [0.25, 0.3) is 0 Å². The van der Waals surface area contributed by atoms with Crippen molar-refractivity contribution in [2.24, 2.45) is 5.92 Å². The second-order valence-corrected chi connectivity index (χ2v) is 8.29. The molecule has 4 rings (SSSR count). The molecular weight excluding hydrogens is 374 g/mol. The molecule has 158 valence electrons. The van der Waals surface area contributed by atoms with Crippen molar-refractivity contribution in [2.75, 3.05) is 31.1 Å². The van der Waals surface area contributed by atoms with E-state index in [0.29, 0.717) is 19.5 Å². The van der Waals surface area contributed by atoms with Crippen LogP contribution >= 0.6 is 0 Å². The first-order valence-electron chi connectivity index (χ1n) is 11.1. The van der Waals surface area contributed by atoms with Crippen molar-refractivity contribution < 1.29 is 9.59 Å². The number of rotatable bonds is 7. The van der Waals surface area contributed by atoms with Crippen molar-refractivity contribution in [1.29, 1.82) is 0 Å². The highest BCUT2D eigenvalue weighted by Gasteiger charge is 2.37. The molecule has 0 spiro atoms. The first-order valence-corrected chi connectivity index (χ1v) is 11.1. The lowest BCUT2D eigenvalue weighted by atomic mass is 10.00. The van der Waals surface area contributed by atoms with Crippen molar-refractivity contribution in [3.8, 4) is 0 Å². The van der Waals surface area contributed by atoms with E-state index >= 15 is 0 Å². The van der Waals surface area contributed by atoms with Crippen LogP contribution < -0.4 is 10.2 Å². The molecule has 1 fully saturated rings. The molecule has 2 amide bonds. The number of fused-ring (bicyclic) bond motifs is 1. The van der Waals surface area contributed by atoms with Crippen LogP contribution in [0.15, 0.2) is 48.5 Å². The van der Waals surface area contributed by atoms with Gasteiger partial charge in [-0.3, -0.25) is 14.5 Å². The molecule has 1 atom stereocenters. The maximum absolute atomic E-state index is 12.8. The monoisotopic (exact) mass is 405 g/mol. The highest BCUT2D eigenvalue weighted by atomic mass is 16.2. The standard InChI is InChI=1S/C25H31N3O2/c1-2-19-8-10-22(11-9-19)28-17-13-23(25(28)30)24(29)26-14-5-15-27-16-12-20-6-3-4-7-21(20)18-27/h3-4,6-11,23H,2,5,12-18H2,1H3,(H,26,29)/t23-/m0/s1. The van der Waals surface area contributed by atoms with Gasteiger partial charge in [-0.15, -0.1) is 0 Å². The van der Waals surface area contributed by atoms with Crippen molar-refractivity contribution in [2.45, 2.75) is 39.2 Å². The fourth-order valence-corrected chi connectivity index (χ4v) is 4.47. The number of carbonyl (C=O) groups excluding carboxylic acids is 2. The van der Waals surface area contributed by atoms with Gasteiger partial charge in [-0.25, -0.2) is 0 Å². The number of anilines is 1. The van der Waals surface area contributed by atoms with Crippen molar-refractivity contribution in [3.63, 3.8) is 0 Å². The smallest absolute Gasteiger partial charge is 0.239 e. The first-order chi connectivity index (χ1) is 14.7. The Morgan fingerprint density at radius 3 is 2.60 bits per heavy atom. The summed E-state index contributed by atoms with van der Waals surface area (Å²) in [6, 6.07) is 16.7. The van der Waals surface area contributed by atoms with E-state index in [1.54, 1.807) is 4.90 Å². The summed E-state index contributed by atoms with van der Waals surface area (Å²) in [4.78, 5) is 29.5. The second kappa shape index (κ2) is 9.43. The van der Waals surface area contributed by atoms with Crippen LogP contribution in [0.2, 0.25) is 0 Å². The molecule has 0 radical (unpaired) electrons. The molecule has 1 N–H and O–H groups in total. The van der Waals surface area contributed by atoms with Crippen LogP contribution in [0.1, 0.15) is 36.5 Å². The fraction of sp³-hybridized carbons (Fsp3) is 0.440. The number of hydrogen-bond donors (Lipinski definition) is 1. The molecule has 0 aromatic heterocycles. The van der Waals surface area contributed by atoms with Gasteiger partial charge in [0, 0.05) is 38.4 Å². The van der Waals surface area contributed by atoms with Crippen molar-refractivity contribution in [1.82, 2.24) is 10.2 Å². The summed E-state index contributed by atoms with van der Waals surface area (Å²) in [7, 11) is 0. The molecule has 30 heavy (non-hydrogen) atoms. The number of nitrogens with one attached hydrogen (secondary N) is 1. The summed E-state index contributed by atoms with van der Waals surface area (Å²) in [5.74, 6) is -0.765. The van der Waals surface area contributed by atoms with Gasteiger partial charge in [0.1, 0.15) is 5.92 Å². The highest BCUT2D eigenvalue weighted by Crippen LogP contribution is 2.26. The van der Waals surface area contributed by atoms with E-state index in [2.05, 4.69) is 53.5 Å². The average Bonchev–Trinajstić information content (AvgIpc) is 3.18. The molecule has 2 heterocycles. The van der Waals surface area contributed by atoms with Gasteiger partial charge in [0.05, 0.1) is 0 Å². The van der Waals surface area contributed by atoms with E-state index in [1.807, 2.05) is 12.1 Å². The van der Waals surface area contributed by atoms with Gasteiger partial charge in [-0.2, -0.15) is 0 Å². The Morgan fingerprint density at radius 2 is 1.83 bits per heavy atom. The Bertz CT molecular complexity index is 894. The van der Waals surface area contributed by atoms with Crippen LogP contribution in [-0.2, 0) is 29.0 Å². The van der Waals surface area contributed by atoms with Crippen LogP contribution in [0.5, 0.6) is 0 Å². The van der Waals surface area contributed by atoms with Gasteiger partial charge < -0.3 is 10.2 Å². The van der Waals surface area contributed by atoms with Crippen LogP contribution in [0, 0.1) is 5.92 Å². The SMILES string of the molecule is CCc1ccc(N2CC[C@@H](C(=O)NCCCN3CCc4ccccc4C3)C2=O)cc1. The topological polar surface area (TPSA) is 52.7 Å². The lowest BCUT2D eigenvalue weighted by Crippen LogP contribution is -2.38. The largest absolute Gasteiger partial charge is 0.355 e. The number of nitrogens with zero attached hydrogens (tertiary/aromatic N) is 2. The average molecular weight is 406 g/mol. The number of benzene rings is 2. The van der Waals surface area contributed by atoms with Crippen LogP contribution in [0.4, 0.5) is 5.69 Å². The zero-order valence-corrected chi connectivity index (χ0v) is 17.8. The predicted octanol–water partition coefficient (Wildman–Crippen LogP) is 3.17. The lowest BCUT2D eigenvalue weighted by molar-refractivity contribution is -0.132. The van der Waals surface area contributed by atoms with E-state index in [1.165, 1.54) is 16.7 Å². The van der Waals surface area contributed by atoms with E-state index < -0.39 is 5.92 Å². The summed E-state index contributed by atoms with van der Waals surface area (Å²) in [5.41, 5.74) is 5.00. The van der Waals surface area contributed by atoms with Gasteiger partial charge in [-0.1, -0.05) is 43.3 Å². The van der Waals surface area contributed by atoms with E-state index in [-0.39, 0.29) is 11.8 Å². The quantitative estimate of drug-likeness (QED) is 0.569. The van der Waals surface area contributed by atoms with Gasteiger partial charge in [0.2, 0.25) is 11.8 Å². The molecule has 2 aromatic carbocycles. The van der Waals surface area contributed by atoms with E-state index in [4.69, 9.17) is 0 Å². The van der Waals surface area contributed by atoms with E-state index in [9.17, 15) is 9.59 Å². The lowest BCUT2D eigenvalue weighted by Gasteiger charge is -2.28. The molecule has 5 nitrogen and oxygen atoms in total. The van der Waals surface area contributed by atoms with Gasteiger partial charge >= 0.3 is 0 Å². The molecule has 0 bridgehead atoms. The molecule has 5 heteroatoms. The molecule has 2 aliphatic heterocycles. The summed E-state index contributed by atoms with van der Waals surface area (Å²) >= 11 is 0. The minimum Gasteiger partial charge on any atom is -0.355 e. The van der Waals surface area contributed by atoms with E-state index in [0.717, 1.165) is 44.6 Å². The molecule has 0 saturated carbocycles. The third kappa shape index (κ3) is 4.57. The van der Waals surface area contributed by atoms with Crippen LogP contribution in [0.25, 0.3) is 0 Å². The minimum atomic E-state index is -0.558. The maximum Gasteiger partial charge on any atom is 0.239 e. The summed E-state index contributed by atoms with van der Waals surface area (Å²) in [6.45, 7) is 6.35. The molecule has 0 unspecified atom stereocenters. The molecule has 0 aliphatic carbocycles. The minimum absolute atomic E-state index is 0.0793. The first kappa shape index (κ1) is 20.6. The Kier molecular flexibility index (Phi) is 6.48. The Hall–Kier alpha value is -2.66. The normalized spacial score (nSPS) is 19.0. The zero-order chi connectivity index (χ0) is 20.9. The van der Waals surface area contributed by atoms with Gasteiger partial charge in [-0.05, 0) is 54.5 Å². The van der Waals surface area contributed by atoms with Crippen molar-refractivity contribution in [3.05, 3.63) is 65.2 Å². The molecular formula is C25H31N3O2.